The number of benzene rings is 2. The highest BCUT2D eigenvalue weighted by Crippen LogP contribution is 2.18. The summed E-state index contributed by atoms with van der Waals surface area (Å²) in [5, 5.41) is 0. The van der Waals surface area contributed by atoms with E-state index in [-0.39, 0.29) is 0 Å². The van der Waals surface area contributed by atoms with E-state index in [0.29, 0.717) is 0 Å². The van der Waals surface area contributed by atoms with E-state index >= 15 is 0 Å². The minimum atomic E-state index is 0.781. The minimum absolute atomic E-state index is 0.781. The third kappa shape index (κ3) is 6.27. The van der Waals surface area contributed by atoms with E-state index in [1.165, 1.54) is 18.4 Å². The molecule has 0 N–H and O–H groups in total. The number of ether oxygens (including phenoxy) is 1. The van der Waals surface area contributed by atoms with Gasteiger partial charge >= 0.3 is 0 Å². The van der Waals surface area contributed by atoms with Crippen LogP contribution in [-0.2, 0) is 6.42 Å². The molecule has 0 radical (unpaired) electrons. The van der Waals surface area contributed by atoms with Crippen molar-refractivity contribution in [2.75, 3.05) is 6.61 Å². The number of unbranched alkanes of at least 4 members (excludes halogenated alkanes) is 2. The monoisotopic (exact) mass is 309 g/mol. The van der Waals surface area contributed by atoms with Crippen LogP contribution >= 0.6 is 0 Å². The maximum Gasteiger partial charge on any atom is 0.119 e. The SMILES string of the molecule is CCCCOc1ccc(N=Cc2ccc(CCCC)cc2)cc1. The van der Waals surface area contributed by atoms with Crippen LogP contribution in [0, 0.1) is 0 Å². The average molecular weight is 309 g/mol. The van der Waals surface area contributed by atoms with Gasteiger partial charge in [0.25, 0.3) is 0 Å². The van der Waals surface area contributed by atoms with Crippen molar-refractivity contribution in [2.24, 2.45) is 4.99 Å². The van der Waals surface area contributed by atoms with Crippen LogP contribution in [0.3, 0.4) is 0 Å². The zero-order valence-corrected chi connectivity index (χ0v) is 14.3. The second-order valence-electron chi connectivity index (χ2n) is 5.80. The molecule has 122 valence electrons. The Morgan fingerprint density at radius 2 is 1.57 bits per heavy atom. The normalized spacial score (nSPS) is 11.0. The molecule has 0 aliphatic carbocycles. The number of aliphatic imine (C=N–C) groups is 1. The standard InChI is InChI=1S/C21H27NO/c1-3-5-7-18-8-10-19(11-9-18)17-22-20-12-14-21(15-13-20)23-16-6-4-2/h8-15,17H,3-7,16H2,1-2H3. The van der Waals surface area contributed by atoms with Gasteiger partial charge in [-0.2, -0.15) is 0 Å². The van der Waals surface area contributed by atoms with Gasteiger partial charge in [-0.1, -0.05) is 51.0 Å². The molecule has 0 bridgehead atoms. The van der Waals surface area contributed by atoms with Gasteiger partial charge in [0.15, 0.2) is 0 Å². The van der Waals surface area contributed by atoms with E-state index in [4.69, 9.17) is 4.74 Å². The number of rotatable bonds is 9. The Labute approximate surface area is 140 Å². The maximum absolute atomic E-state index is 5.66. The summed E-state index contributed by atoms with van der Waals surface area (Å²) >= 11 is 0. The van der Waals surface area contributed by atoms with E-state index < -0.39 is 0 Å². The number of nitrogens with zero attached hydrogens (tertiary/aromatic N) is 1. The molecule has 0 saturated carbocycles. The molecule has 0 spiro atoms. The van der Waals surface area contributed by atoms with Crippen LogP contribution in [0.1, 0.15) is 50.7 Å². The molecule has 0 atom stereocenters. The third-order valence-corrected chi connectivity index (χ3v) is 3.76. The van der Waals surface area contributed by atoms with Crippen LogP contribution < -0.4 is 4.74 Å². The molecule has 0 aliphatic rings. The van der Waals surface area contributed by atoms with Gasteiger partial charge in [0.1, 0.15) is 5.75 Å². The van der Waals surface area contributed by atoms with E-state index in [1.54, 1.807) is 0 Å². The fourth-order valence-electron chi connectivity index (χ4n) is 2.26. The van der Waals surface area contributed by atoms with E-state index in [1.807, 2.05) is 30.5 Å². The first-order chi connectivity index (χ1) is 11.3. The first kappa shape index (κ1) is 17.3. The zero-order chi connectivity index (χ0) is 16.3. The quantitative estimate of drug-likeness (QED) is 0.414. The van der Waals surface area contributed by atoms with Crippen molar-refractivity contribution in [1.82, 2.24) is 0 Å². The first-order valence-electron chi connectivity index (χ1n) is 8.67. The molecule has 0 aromatic heterocycles. The molecule has 2 rings (SSSR count). The highest BCUT2D eigenvalue weighted by Gasteiger charge is 1.95. The van der Waals surface area contributed by atoms with E-state index in [9.17, 15) is 0 Å². The fraction of sp³-hybridized carbons (Fsp3) is 0.381. The molecule has 2 heteroatoms. The Morgan fingerprint density at radius 1 is 0.870 bits per heavy atom. The zero-order valence-electron chi connectivity index (χ0n) is 14.3. The average Bonchev–Trinajstić information content (AvgIpc) is 2.60. The molecule has 2 aromatic rings. The first-order valence-corrected chi connectivity index (χ1v) is 8.67. The lowest BCUT2D eigenvalue weighted by molar-refractivity contribution is 0.309. The van der Waals surface area contributed by atoms with Crippen LogP contribution in [0.15, 0.2) is 53.5 Å². The Morgan fingerprint density at radius 3 is 2.22 bits per heavy atom. The Kier molecular flexibility index (Phi) is 7.38. The van der Waals surface area contributed by atoms with Crippen molar-refractivity contribution in [2.45, 2.75) is 46.0 Å². The second kappa shape index (κ2) is 9.83. The van der Waals surface area contributed by atoms with Gasteiger partial charge < -0.3 is 4.74 Å². The maximum atomic E-state index is 5.66. The lowest BCUT2D eigenvalue weighted by atomic mass is 10.1. The summed E-state index contributed by atoms with van der Waals surface area (Å²) in [6, 6.07) is 16.6. The van der Waals surface area contributed by atoms with Gasteiger partial charge in [0.05, 0.1) is 12.3 Å². The van der Waals surface area contributed by atoms with E-state index in [2.05, 4.69) is 43.1 Å². The molecule has 0 aliphatic heterocycles. The Hall–Kier alpha value is -2.09. The Bertz CT molecular complexity index is 584. The van der Waals surface area contributed by atoms with Gasteiger partial charge in [-0.3, -0.25) is 4.99 Å². The second-order valence-corrected chi connectivity index (χ2v) is 5.80. The fourth-order valence-corrected chi connectivity index (χ4v) is 2.26. The predicted octanol–water partition coefficient (Wildman–Crippen LogP) is 5.96. The summed E-state index contributed by atoms with van der Waals surface area (Å²) in [7, 11) is 0. The summed E-state index contributed by atoms with van der Waals surface area (Å²) in [5.74, 6) is 0.915. The van der Waals surface area contributed by atoms with Gasteiger partial charge in [-0.15, -0.1) is 0 Å². The third-order valence-electron chi connectivity index (χ3n) is 3.76. The molecule has 0 saturated heterocycles. The molecule has 2 aromatic carbocycles. The summed E-state index contributed by atoms with van der Waals surface area (Å²) < 4.78 is 5.66. The van der Waals surface area contributed by atoms with E-state index in [0.717, 1.165) is 42.9 Å². The van der Waals surface area contributed by atoms with Crippen molar-refractivity contribution in [3.63, 3.8) is 0 Å². The molecule has 0 amide bonds. The molecular weight excluding hydrogens is 282 g/mol. The minimum Gasteiger partial charge on any atom is -0.494 e. The molecular formula is C21H27NO. The molecule has 0 heterocycles. The highest BCUT2D eigenvalue weighted by atomic mass is 16.5. The van der Waals surface area contributed by atoms with Gasteiger partial charge in [0, 0.05) is 6.21 Å². The van der Waals surface area contributed by atoms with Crippen molar-refractivity contribution >= 4 is 11.9 Å². The molecule has 0 unspecified atom stereocenters. The summed E-state index contributed by atoms with van der Waals surface area (Å²) in [6.07, 6.45) is 7.80. The van der Waals surface area contributed by atoms with Crippen LogP contribution in [0.2, 0.25) is 0 Å². The molecule has 0 fully saturated rings. The molecule has 23 heavy (non-hydrogen) atoms. The van der Waals surface area contributed by atoms with Crippen molar-refractivity contribution in [3.05, 3.63) is 59.7 Å². The van der Waals surface area contributed by atoms with Gasteiger partial charge in [0.2, 0.25) is 0 Å². The predicted molar refractivity (Wildman–Crippen MR) is 99.2 cm³/mol. The van der Waals surface area contributed by atoms with Crippen LogP contribution in [0.4, 0.5) is 5.69 Å². The van der Waals surface area contributed by atoms with Crippen LogP contribution in [-0.4, -0.2) is 12.8 Å². The van der Waals surface area contributed by atoms with Crippen molar-refractivity contribution in [1.29, 1.82) is 0 Å². The lowest BCUT2D eigenvalue weighted by Crippen LogP contribution is -1.95. The van der Waals surface area contributed by atoms with Gasteiger partial charge in [-0.25, -0.2) is 0 Å². The summed E-state index contributed by atoms with van der Waals surface area (Å²) in [5.41, 5.74) is 3.48. The smallest absolute Gasteiger partial charge is 0.119 e. The van der Waals surface area contributed by atoms with Crippen LogP contribution in [0.5, 0.6) is 5.75 Å². The van der Waals surface area contributed by atoms with Crippen LogP contribution in [0.25, 0.3) is 0 Å². The Balaban J connectivity index is 1.89. The topological polar surface area (TPSA) is 21.6 Å². The van der Waals surface area contributed by atoms with Crippen molar-refractivity contribution in [3.8, 4) is 5.75 Å². The number of hydrogen-bond acceptors (Lipinski definition) is 2. The largest absolute Gasteiger partial charge is 0.494 e. The lowest BCUT2D eigenvalue weighted by Gasteiger charge is -2.04. The van der Waals surface area contributed by atoms with Gasteiger partial charge in [-0.05, 0) is 54.7 Å². The number of hydrogen-bond donors (Lipinski definition) is 0. The van der Waals surface area contributed by atoms with Crippen molar-refractivity contribution < 1.29 is 4.74 Å². The summed E-state index contributed by atoms with van der Waals surface area (Å²) in [6.45, 7) is 5.17. The molecule has 2 nitrogen and oxygen atoms in total. The summed E-state index contributed by atoms with van der Waals surface area (Å²) in [4.78, 5) is 4.53. The number of aryl methyl sites for hydroxylation is 1. The highest BCUT2D eigenvalue weighted by molar-refractivity contribution is 5.81.